The summed E-state index contributed by atoms with van der Waals surface area (Å²) in [5, 5.41) is 5.90. The third-order valence-electron chi connectivity index (χ3n) is 5.02. The second-order valence-corrected chi connectivity index (χ2v) is 7.30. The quantitative estimate of drug-likeness (QED) is 0.848. The van der Waals surface area contributed by atoms with Gasteiger partial charge in [-0.25, -0.2) is 5.06 Å². The van der Waals surface area contributed by atoms with Crippen molar-refractivity contribution >= 4 is 17.2 Å². The third kappa shape index (κ3) is 2.80. The molecule has 0 aromatic carbocycles. The summed E-state index contributed by atoms with van der Waals surface area (Å²) in [4.78, 5) is 20.6. The molecule has 1 aromatic rings. The Morgan fingerprint density at radius 1 is 1.36 bits per heavy atom. The van der Waals surface area contributed by atoms with Crippen molar-refractivity contribution in [2.75, 3.05) is 39.5 Å². The summed E-state index contributed by atoms with van der Waals surface area (Å²) in [6.07, 6.45) is 0.942. The van der Waals surface area contributed by atoms with E-state index in [-0.39, 0.29) is 11.8 Å². The van der Waals surface area contributed by atoms with Crippen molar-refractivity contribution in [1.29, 1.82) is 0 Å². The Morgan fingerprint density at radius 3 is 3.09 bits per heavy atom. The monoisotopic (exact) mass is 322 g/mol. The summed E-state index contributed by atoms with van der Waals surface area (Å²) >= 11 is 1.74. The van der Waals surface area contributed by atoms with Crippen LogP contribution in [0.15, 0.2) is 16.8 Å². The van der Waals surface area contributed by atoms with Gasteiger partial charge in [0.1, 0.15) is 0 Å². The van der Waals surface area contributed by atoms with Crippen LogP contribution < -0.4 is 0 Å². The number of hydroxylamine groups is 2. The molecule has 1 amide bonds. The summed E-state index contributed by atoms with van der Waals surface area (Å²) in [5.74, 6) is 0.974. The zero-order valence-electron chi connectivity index (χ0n) is 12.6. The molecular formula is C16H22N2O3S. The highest BCUT2D eigenvalue weighted by Crippen LogP contribution is 2.36. The molecule has 3 aliphatic rings. The molecule has 3 saturated heterocycles. The molecule has 0 N–H and O–H groups in total. The topological polar surface area (TPSA) is 42.0 Å². The second kappa shape index (κ2) is 6.28. The SMILES string of the molecule is O=C([C@@H]1COC[C@H]2CN(Cc3ccsc3)C[C@H]21)N1CCCO1. The lowest BCUT2D eigenvalue weighted by Crippen LogP contribution is -2.45. The lowest BCUT2D eigenvalue weighted by molar-refractivity contribution is -0.181. The van der Waals surface area contributed by atoms with E-state index in [1.54, 1.807) is 16.4 Å². The maximum absolute atomic E-state index is 12.7. The number of nitrogens with zero attached hydrogens (tertiary/aromatic N) is 2. The molecule has 0 bridgehead atoms. The number of rotatable bonds is 3. The predicted molar refractivity (Wildman–Crippen MR) is 83.2 cm³/mol. The van der Waals surface area contributed by atoms with Gasteiger partial charge < -0.3 is 4.74 Å². The van der Waals surface area contributed by atoms with Gasteiger partial charge in [0.15, 0.2) is 0 Å². The zero-order valence-corrected chi connectivity index (χ0v) is 13.5. The minimum Gasteiger partial charge on any atom is -0.380 e. The first-order valence-corrected chi connectivity index (χ1v) is 9.01. The minimum atomic E-state index is -0.0377. The number of hydrogen-bond donors (Lipinski definition) is 0. The Hall–Kier alpha value is -0.950. The van der Waals surface area contributed by atoms with E-state index in [1.165, 1.54) is 5.56 Å². The molecule has 0 aliphatic carbocycles. The first-order chi connectivity index (χ1) is 10.8. The van der Waals surface area contributed by atoms with Gasteiger partial charge in [0, 0.05) is 19.6 Å². The number of thiophene rings is 1. The van der Waals surface area contributed by atoms with Crippen LogP contribution in [0.4, 0.5) is 0 Å². The summed E-state index contributed by atoms with van der Waals surface area (Å²) in [6.45, 7) is 5.74. The summed E-state index contributed by atoms with van der Waals surface area (Å²) in [5.41, 5.74) is 1.37. The van der Waals surface area contributed by atoms with E-state index in [0.717, 1.165) is 39.2 Å². The highest BCUT2D eigenvalue weighted by Gasteiger charge is 2.45. The highest BCUT2D eigenvalue weighted by molar-refractivity contribution is 7.07. The third-order valence-corrected chi connectivity index (χ3v) is 5.75. The number of fused-ring (bicyclic) bond motifs is 1. The molecule has 5 nitrogen and oxygen atoms in total. The van der Waals surface area contributed by atoms with Crippen molar-refractivity contribution in [2.45, 2.75) is 13.0 Å². The molecule has 0 spiro atoms. The summed E-state index contributed by atoms with van der Waals surface area (Å²) in [7, 11) is 0. The van der Waals surface area contributed by atoms with Crippen LogP contribution in [-0.4, -0.2) is 55.3 Å². The number of likely N-dealkylation sites (tertiary alicyclic amines) is 1. The van der Waals surface area contributed by atoms with Gasteiger partial charge in [0.25, 0.3) is 5.91 Å². The summed E-state index contributed by atoms with van der Waals surface area (Å²) in [6, 6.07) is 2.18. The van der Waals surface area contributed by atoms with Gasteiger partial charge in [0.2, 0.25) is 0 Å². The van der Waals surface area contributed by atoms with E-state index in [9.17, 15) is 4.79 Å². The van der Waals surface area contributed by atoms with Gasteiger partial charge in [-0.2, -0.15) is 11.3 Å². The molecule has 4 heterocycles. The van der Waals surface area contributed by atoms with E-state index in [0.29, 0.717) is 25.0 Å². The van der Waals surface area contributed by atoms with Crippen molar-refractivity contribution in [3.8, 4) is 0 Å². The first-order valence-electron chi connectivity index (χ1n) is 8.07. The van der Waals surface area contributed by atoms with Crippen LogP contribution in [0.25, 0.3) is 0 Å². The molecule has 4 rings (SSSR count). The van der Waals surface area contributed by atoms with Gasteiger partial charge in [-0.1, -0.05) is 0 Å². The van der Waals surface area contributed by atoms with Gasteiger partial charge in [-0.15, -0.1) is 0 Å². The Morgan fingerprint density at radius 2 is 2.32 bits per heavy atom. The van der Waals surface area contributed by atoms with Crippen LogP contribution in [0.1, 0.15) is 12.0 Å². The van der Waals surface area contributed by atoms with Gasteiger partial charge >= 0.3 is 0 Å². The molecule has 3 atom stereocenters. The fourth-order valence-electron chi connectivity index (χ4n) is 3.92. The average Bonchev–Trinajstić information content (AvgIpc) is 3.27. The van der Waals surface area contributed by atoms with E-state index in [4.69, 9.17) is 9.57 Å². The van der Waals surface area contributed by atoms with Crippen molar-refractivity contribution in [3.05, 3.63) is 22.4 Å². The first kappa shape index (κ1) is 14.6. The maximum atomic E-state index is 12.7. The number of hydrogen-bond acceptors (Lipinski definition) is 5. The standard InChI is InChI=1S/C16H22N2O3S/c19-16(18-3-1-4-21-18)15-10-20-9-13-7-17(8-14(13)15)6-12-2-5-22-11-12/h2,5,11,13-15H,1,3-4,6-10H2/t13-,14-,15-/m1/s1. The lowest BCUT2D eigenvalue weighted by Gasteiger charge is -2.33. The number of ether oxygens (including phenoxy) is 1. The molecule has 3 fully saturated rings. The maximum Gasteiger partial charge on any atom is 0.251 e. The second-order valence-electron chi connectivity index (χ2n) is 6.52. The number of amides is 1. The van der Waals surface area contributed by atoms with Crippen molar-refractivity contribution < 1.29 is 14.4 Å². The Labute approximate surface area is 134 Å². The fourth-order valence-corrected chi connectivity index (χ4v) is 4.58. The van der Waals surface area contributed by atoms with Crippen LogP contribution in [0, 0.1) is 17.8 Å². The molecule has 1 aromatic heterocycles. The molecule has 6 heteroatoms. The average molecular weight is 322 g/mol. The van der Waals surface area contributed by atoms with E-state index in [1.807, 2.05) is 0 Å². The van der Waals surface area contributed by atoms with Crippen molar-refractivity contribution in [3.63, 3.8) is 0 Å². The number of carbonyl (C=O) groups is 1. The van der Waals surface area contributed by atoms with Crippen LogP contribution >= 0.6 is 11.3 Å². The van der Waals surface area contributed by atoms with Crippen LogP contribution in [0.3, 0.4) is 0 Å². The Bertz CT molecular complexity index is 515. The van der Waals surface area contributed by atoms with E-state index < -0.39 is 0 Å². The molecule has 120 valence electrons. The zero-order chi connectivity index (χ0) is 14.9. The van der Waals surface area contributed by atoms with Crippen LogP contribution in [0.5, 0.6) is 0 Å². The van der Waals surface area contributed by atoms with Crippen molar-refractivity contribution in [1.82, 2.24) is 9.96 Å². The van der Waals surface area contributed by atoms with Gasteiger partial charge in [-0.3, -0.25) is 14.5 Å². The van der Waals surface area contributed by atoms with Crippen LogP contribution in [-0.2, 0) is 20.9 Å². The molecule has 0 saturated carbocycles. The normalized spacial score (nSPS) is 32.4. The molecule has 3 aliphatic heterocycles. The molecule has 0 radical (unpaired) electrons. The lowest BCUT2D eigenvalue weighted by atomic mass is 9.82. The Balaban J connectivity index is 1.43. The Kier molecular flexibility index (Phi) is 4.17. The fraction of sp³-hybridized carbons (Fsp3) is 0.688. The van der Waals surface area contributed by atoms with Gasteiger partial charge in [0.05, 0.1) is 32.3 Å². The largest absolute Gasteiger partial charge is 0.380 e. The molecule has 0 unspecified atom stereocenters. The highest BCUT2D eigenvalue weighted by atomic mass is 32.1. The molecular weight excluding hydrogens is 300 g/mol. The van der Waals surface area contributed by atoms with Crippen LogP contribution in [0.2, 0.25) is 0 Å². The predicted octanol–water partition coefficient (Wildman–Crippen LogP) is 1.61. The number of carbonyl (C=O) groups excluding carboxylic acids is 1. The summed E-state index contributed by atoms with van der Waals surface area (Å²) < 4.78 is 5.73. The van der Waals surface area contributed by atoms with Crippen molar-refractivity contribution in [2.24, 2.45) is 17.8 Å². The molecule has 22 heavy (non-hydrogen) atoms. The minimum absolute atomic E-state index is 0.0377. The van der Waals surface area contributed by atoms with E-state index >= 15 is 0 Å². The van der Waals surface area contributed by atoms with Gasteiger partial charge in [-0.05, 0) is 40.6 Å². The smallest absolute Gasteiger partial charge is 0.251 e. The van der Waals surface area contributed by atoms with E-state index in [2.05, 4.69) is 21.7 Å².